The highest BCUT2D eigenvalue weighted by Gasteiger charge is 2.45. The Morgan fingerprint density at radius 3 is 1.97 bits per heavy atom. The first-order valence-corrected chi connectivity index (χ1v) is 13.4. The van der Waals surface area contributed by atoms with E-state index in [1.54, 1.807) is 0 Å². The summed E-state index contributed by atoms with van der Waals surface area (Å²) in [6, 6.07) is 17.8. The van der Waals surface area contributed by atoms with Crippen molar-refractivity contribution in [2.45, 2.75) is 89.4 Å². The molecule has 2 aliphatic carbocycles. The van der Waals surface area contributed by atoms with E-state index in [9.17, 15) is 9.90 Å². The summed E-state index contributed by atoms with van der Waals surface area (Å²) in [5, 5.41) is 19.3. The molecule has 0 radical (unpaired) electrons. The Morgan fingerprint density at radius 1 is 0.882 bits per heavy atom. The van der Waals surface area contributed by atoms with E-state index in [1.807, 2.05) is 48.5 Å². The number of hydrogen-bond donors (Lipinski definition) is 1. The normalized spacial score (nSPS) is 27.1. The van der Waals surface area contributed by atoms with Crippen LogP contribution in [0.15, 0.2) is 48.5 Å². The predicted molar refractivity (Wildman–Crippen MR) is 137 cm³/mol. The van der Waals surface area contributed by atoms with E-state index in [0.717, 1.165) is 54.2 Å². The van der Waals surface area contributed by atoms with Gasteiger partial charge < -0.3 is 5.11 Å². The Hall–Kier alpha value is -2.60. The maximum atomic E-state index is 12.5. The van der Waals surface area contributed by atoms with Gasteiger partial charge in [-0.2, -0.15) is 5.26 Å². The lowest BCUT2D eigenvalue weighted by molar-refractivity contribution is -0.146. The largest absolute Gasteiger partial charge is 0.481 e. The first kappa shape index (κ1) is 24.5. The fraction of sp³-hybridized carbons (Fsp3) is 0.548. The van der Waals surface area contributed by atoms with E-state index in [-0.39, 0.29) is 0 Å². The number of rotatable bonds is 8. The van der Waals surface area contributed by atoms with Crippen LogP contribution < -0.4 is 0 Å². The second kappa shape index (κ2) is 11.2. The quantitative estimate of drug-likeness (QED) is 0.407. The zero-order valence-electron chi connectivity index (χ0n) is 20.6. The van der Waals surface area contributed by atoms with Crippen LogP contribution in [0.5, 0.6) is 0 Å². The van der Waals surface area contributed by atoms with Crippen LogP contribution in [0, 0.1) is 29.1 Å². The molecule has 4 rings (SSSR count). The summed E-state index contributed by atoms with van der Waals surface area (Å²) in [5.41, 5.74) is 2.93. The van der Waals surface area contributed by atoms with E-state index in [0.29, 0.717) is 11.5 Å². The van der Waals surface area contributed by atoms with Crippen LogP contribution in [-0.4, -0.2) is 11.1 Å². The number of carboxylic acid groups (broad SMARTS) is 1. The second-order valence-corrected chi connectivity index (χ2v) is 10.8. The molecule has 2 aromatic rings. The Morgan fingerprint density at radius 2 is 1.44 bits per heavy atom. The summed E-state index contributed by atoms with van der Waals surface area (Å²) in [6.45, 7) is 2.28. The molecule has 2 fully saturated rings. The molecular formula is C31H39NO2. The molecular weight excluding hydrogens is 418 g/mol. The van der Waals surface area contributed by atoms with Crippen LogP contribution in [-0.2, 0) is 10.2 Å². The Labute approximate surface area is 205 Å². The highest BCUT2D eigenvalue weighted by atomic mass is 16.4. The van der Waals surface area contributed by atoms with Crippen molar-refractivity contribution in [3.63, 3.8) is 0 Å². The van der Waals surface area contributed by atoms with Crippen molar-refractivity contribution in [3.8, 4) is 17.2 Å². The van der Waals surface area contributed by atoms with Crippen LogP contribution in [0.1, 0.15) is 95.1 Å². The topological polar surface area (TPSA) is 61.1 Å². The van der Waals surface area contributed by atoms with Crippen molar-refractivity contribution in [2.75, 3.05) is 0 Å². The Balaban J connectivity index is 1.37. The molecule has 0 bridgehead atoms. The number of aliphatic carboxylic acids is 1. The van der Waals surface area contributed by atoms with Crippen LogP contribution in [0.2, 0.25) is 0 Å². The molecule has 2 aromatic carbocycles. The van der Waals surface area contributed by atoms with Gasteiger partial charge in [-0.15, -0.1) is 0 Å². The van der Waals surface area contributed by atoms with Gasteiger partial charge in [-0.3, -0.25) is 4.79 Å². The third-order valence-electron chi connectivity index (χ3n) is 8.85. The lowest BCUT2D eigenvalue weighted by Crippen LogP contribution is -2.41. The van der Waals surface area contributed by atoms with Gasteiger partial charge in [-0.25, -0.2) is 0 Å². The van der Waals surface area contributed by atoms with Crippen molar-refractivity contribution in [1.29, 1.82) is 5.26 Å². The van der Waals surface area contributed by atoms with Gasteiger partial charge in [0.1, 0.15) is 0 Å². The summed E-state index contributed by atoms with van der Waals surface area (Å²) < 4.78 is 0. The van der Waals surface area contributed by atoms with Gasteiger partial charge in [0.2, 0.25) is 0 Å². The maximum Gasteiger partial charge on any atom is 0.314 e. The minimum Gasteiger partial charge on any atom is -0.481 e. The zero-order chi connectivity index (χ0) is 24.0. The fourth-order valence-electron chi connectivity index (χ4n) is 6.58. The second-order valence-electron chi connectivity index (χ2n) is 10.8. The molecule has 34 heavy (non-hydrogen) atoms. The molecule has 3 nitrogen and oxygen atoms in total. The van der Waals surface area contributed by atoms with E-state index in [1.165, 1.54) is 51.4 Å². The van der Waals surface area contributed by atoms with Crippen molar-refractivity contribution < 1.29 is 9.90 Å². The van der Waals surface area contributed by atoms with Gasteiger partial charge in [0, 0.05) is 0 Å². The SMILES string of the molecule is CCCCCC1CCC(C2CCC(C(=O)O)(c3ccc(-c4ccc(C#N)cc4)cc3)CC2)CC1. The number of carbonyl (C=O) groups is 1. The average Bonchev–Trinajstić information content (AvgIpc) is 2.89. The minimum absolute atomic E-state index is 0.645. The summed E-state index contributed by atoms with van der Waals surface area (Å²) in [6.07, 6.45) is 14.5. The van der Waals surface area contributed by atoms with Gasteiger partial charge >= 0.3 is 5.97 Å². The van der Waals surface area contributed by atoms with Crippen molar-refractivity contribution >= 4 is 5.97 Å². The lowest BCUT2D eigenvalue weighted by Gasteiger charge is -2.42. The molecule has 3 heteroatoms. The van der Waals surface area contributed by atoms with Crippen molar-refractivity contribution in [3.05, 3.63) is 59.7 Å². The van der Waals surface area contributed by atoms with Crippen molar-refractivity contribution in [2.24, 2.45) is 17.8 Å². The highest BCUT2D eigenvalue weighted by molar-refractivity contribution is 5.82. The molecule has 1 N–H and O–H groups in total. The number of unbranched alkanes of at least 4 members (excludes halogenated alkanes) is 2. The average molecular weight is 458 g/mol. The summed E-state index contributed by atoms with van der Waals surface area (Å²) in [4.78, 5) is 12.5. The third kappa shape index (κ3) is 5.38. The summed E-state index contributed by atoms with van der Waals surface area (Å²) in [5.74, 6) is 1.76. The van der Waals surface area contributed by atoms with Crippen molar-refractivity contribution in [1.82, 2.24) is 0 Å². The first-order chi connectivity index (χ1) is 16.6. The first-order valence-electron chi connectivity index (χ1n) is 13.4. The number of nitriles is 1. The van der Waals surface area contributed by atoms with Gasteiger partial charge in [0.05, 0.1) is 17.0 Å². The Bertz CT molecular complexity index is 970. The van der Waals surface area contributed by atoms with E-state index in [2.05, 4.69) is 13.0 Å². The monoisotopic (exact) mass is 457 g/mol. The molecule has 0 unspecified atom stereocenters. The lowest BCUT2D eigenvalue weighted by atomic mass is 9.62. The predicted octanol–water partition coefficient (Wildman–Crippen LogP) is 8.12. The molecule has 180 valence electrons. The Kier molecular flexibility index (Phi) is 8.09. The fourth-order valence-corrected chi connectivity index (χ4v) is 6.58. The third-order valence-corrected chi connectivity index (χ3v) is 8.85. The smallest absolute Gasteiger partial charge is 0.314 e. The molecule has 2 saturated carbocycles. The number of carboxylic acids is 1. The number of hydrogen-bond acceptors (Lipinski definition) is 2. The molecule has 0 aromatic heterocycles. The van der Waals surface area contributed by atoms with E-state index >= 15 is 0 Å². The molecule has 0 saturated heterocycles. The molecule has 0 aliphatic heterocycles. The molecule has 0 atom stereocenters. The summed E-state index contributed by atoms with van der Waals surface area (Å²) in [7, 11) is 0. The number of benzene rings is 2. The maximum absolute atomic E-state index is 12.5. The van der Waals surface area contributed by atoms with E-state index < -0.39 is 11.4 Å². The van der Waals surface area contributed by atoms with Gasteiger partial charge in [0.15, 0.2) is 0 Å². The van der Waals surface area contributed by atoms with Crippen LogP contribution in [0.4, 0.5) is 0 Å². The molecule has 0 amide bonds. The zero-order valence-corrected chi connectivity index (χ0v) is 20.6. The minimum atomic E-state index is -0.753. The standard InChI is InChI=1S/C31H39NO2/c1-2-3-4-5-23-6-10-26(11-7-23)28-18-20-31(21-19-28,30(33)34)29-16-14-27(15-17-29)25-12-8-24(22-32)9-13-25/h8-9,12-17,23,26,28H,2-7,10-11,18-21H2,1H3,(H,33,34). The number of nitrogens with zero attached hydrogens (tertiary/aromatic N) is 1. The summed E-state index contributed by atoms with van der Waals surface area (Å²) >= 11 is 0. The van der Waals surface area contributed by atoms with Gasteiger partial charge in [-0.05, 0) is 85.1 Å². The van der Waals surface area contributed by atoms with Gasteiger partial charge in [-0.1, -0.05) is 81.8 Å². The molecule has 0 spiro atoms. The highest BCUT2D eigenvalue weighted by Crippen LogP contribution is 2.47. The van der Waals surface area contributed by atoms with Gasteiger partial charge in [0.25, 0.3) is 0 Å². The molecule has 2 aliphatic rings. The van der Waals surface area contributed by atoms with Crippen LogP contribution in [0.25, 0.3) is 11.1 Å². The molecule has 0 heterocycles. The van der Waals surface area contributed by atoms with E-state index in [4.69, 9.17) is 5.26 Å². The van der Waals surface area contributed by atoms with Crippen LogP contribution >= 0.6 is 0 Å². The van der Waals surface area contributed by atoms with Crippen LogP contribution in [0.3, 0.4) is 0 Å².